The van der Waals surface area contributed by atoms with E-state index < -0.39 is 12.0 Å². The second-order valence-corrected chi connectivity index (χ2v) is 4.50. The molecule has 4 nitrogen and oxygen atoms in total. The number of rotatable bonds is 2. The zero-order chi connectivity index (χ0) is 12.6. The Morgan fingerprint density at radius 3 is 2.41 bits per heavy atom. The number of aryl methyl sites for hydroxylation is 1. The topological polar surface area (TPSA) is 57.6 Å². The predicted octanol–water partition coefficient (Wildman–Crippen LogP) is 1.39. The lowest BCUT2D eigenvalue weighted by Gasteiger charge is -2.14. The van der Waals surface area contributed by atoms with Gasteiger partial charge in [0, 0.05) is 7.05 Å². The van der Waals surface area contributed by atoms with E-state index in [1.165, 1.54) is 4.90 Å². The number of carbonyl (C=O) groups is 2. The van der Waals surface area contributed by atoms with Gasteiger partial charge in [0.15, 0.2) is 0 Å². The van der Waals surface area contributed by atoms with E-state index in [4.69, 9.17) is 5.11 Å². The number of carboxylic acid groups (broad SMARTS) is 1. The van der Waals surface area contributed by atoms with Crippen LogP contribution in [0.4, 0.5) is 0 Å². The van der Waals surface area contributed by atoms with Gasteiger partial charge in [0.05, 0.1) is 5.92 Å². The van der Waals surface area contributed by atoms with E-state index in [2.05, 4.69) is 0 Å². The van der Waals surface area contributed by atoms with Gasteiger partial charge in [0.1, 0.15) is 6.04 Å². The molecular formula is C13H15NO3. The molecule has 1 N–H and O–H groups in total. The highest BCUT2D eigenvalue weighted by molar-refractivity contribution is 5.92. The highest BCUT2D eigenvalue weighted by atomic mass is 16.4. The normalized spacial score (nSPS) is 24.1. The molecule has 1 amide bonds. The molecule has 2 unspecified atom stereocenters. The summed E-state index contributed by atoms with van der Waals surface area (Å²) in [6.45, 7) is 1.98. The molecule has 1 aromatic rings. The molecule has 4 heteroatoms. The zero-order valence-electron chi connectivity index (χ0n) is 9.88. The van der Waals surface area contributed by atoms with E-state index >= 15 is 0 Å². The highest BCUT2D eigenvalue weighted by Gasteiger charge is 2.41. The Labute approximate surface area is 99.9 Å². The van der Waals surface area contributed by atoms with Crippen LogP contribution in [0.1, 0.15) is 23.5 Å². The Balaban J connectivity index is 2.26. The minimum absolute atomic E-state index is 0.110. The van der Waals surface area contributed by atoms with Crippen LogP contribution in [0.5, 0.6) is 0 Å². The first-order valence-corrected chi connectivity index (χ1v) is 5.56. The maximum atomic E-state index is 12.0. The summed E-state index contributed by atoms with van der Waals surface area (Å²) in [5.74, 6) is -1.36. The number of carbonyl (C=O) groups excluding carboxylic acids is 1. The first kappa shape index (κ1) is 11.6. The third-order valence-electron chi connectivity index (χ3n) is 3.34. The standard InChI is InChI=1S/C13H15NO3/c1-8-3-5-9(6-4-8)10-7-11(13(16)17)14(2)12(10)15/h3-6,10-11H,7H2,1-2H3,(H,16,17). The molecule has 90 valence electrons. The first-order valence-electron chi connectivity index (χ1n) is 5.56. The molecular weight excluding hydrogens is 218 g/mol. The Morgan fingerprint density at radius 2 is 1.94 bits per heavy atom. The van der Waals surface area contributed by atoms with Crippen molar-refractivity contribution < 1.29 is 14.7 Å². The van der Waals surface area contributed by atoms with Gasteiger partial charge < -0.3 is 10.0 Å². The Morgan fingerprint density at radius 1 is 1.35 bits per heavy atom. The fourth-order valence-corrected chi connectivity index (χ4v) is 2.23. The summed E-state index contributed by atoms with van der Waals surface area (Å²) in [7, 11) is 1.55. The van der Waals surface area contributed by atoms with Gasteiger partial charge in [-0.05, 0) is 18.9 Å². The van der Waals surface area contributed by atoms with E-state index in [0.29, 0.717) is 6.42 Å². The SMILES string of the molecule is Cc1ccc(C2CC(C(=O)O)N(C)C2=O)cc1. The molecule has 1 saturated heterocycles. The van der Waals surface area contributed by atoms with Crippen molar-refractivity contribution in [2.75, 3.05) is 7.05 Å². The summed E-state index contributed by atoms with van der Waals surface area (Å²) in [4.78, 5) is 24.3. The van der Waals surface area contributed by atoms with Crippen LogP contribution in [0.3, 0.4) is 0 Å². The molecule has 17 heavy (non-hydrogen) atoms. The zero-order valence-corrected chi connectivity index (χ0v) is 9.88. The number of hydrogen-bond acceptors (Lipinski definition) is 2. The molecule has 1 aliphatic heterocycles. The predicted molar refractivity (Wildman–Crippen MR) is 62.7 cm³/mol. The van der Waals surface area contributed by atoms with Gasteiger partial charge in [-0.1, -0.05) is 29.8 Å². The van der Waals surface area contributed by atoms with Crippen LogP contribution >= 0.6 is 0 Å². The molecule has 2 rings (SSSR count). The summed E-state index contributed by atoms with van der Waals surface area (Å²) in [5.41, 5.74) is 2.03. The number of hydrogen-bond donors (Lipinski definition) is 1. The van der Waals surface area contributed by atoms with Crippen molar-refractivity contribution in [3.05, 3.63) is 35.4 Å². The molecule has 0 bridgehead atoms. The van der Waals surface area contributed by atoms with E-state index in [1.54, 1.807) is 7.05 Å². The number of aliphatic carboxylic acids is 1. The lowest BCUT2D eigenvalue weighted by Crippen LogP contribution is -2.35. The van der Waals surface area contributed by atoms with Crippen LogP contribution < -0.4 is 0 Å². The maximum Gasteiger partial charge on any atom is 0.326 e. The lowest BCUT2D eigenvalue weighted by molar-refractivity contribution is -0.145. The van der Waals surface area contributed by atoms with Gasteiger partial charge in [-0.25, -0.2) is 4.79 Å². The third kappa shape index (κ3) is 2.02. The Kier molecular flexibility index (Phi) is 2.88. The van der Waals surface area contributed by atoms with Crippen molar-refractivity contribution in [1.29, 1.82) is 0 Å². The van der Waals surface area contributed by atoms with Crippen molar-refractivity contribution in [2.24, 2.45) is 0 Å². The average molecular weight is 233 g/mol. The molecule has 0 radical (unpaired) electrons. The van der Waals surface area contributed by atoms with Crippen molar-refractivity contribution >= 4 is 11.9 Å². The molecule has 0 saturated carbocycles. The van der Waals surface area contributed by atoms with Crippen LogP contribution in [-0.4, -0.2) is 35.0 Å². The molecule has 1 fully saturated rings. The lowest BCUT2D eigenvalue weighted by atomic mass is 9.95. The Bertz CT molecular complexity index is 452. The van der Waals surface area contributed by atoms with Crippen molar-refractivity contribution in [3.8, 4) is 0 Å². The van der Waals surface area contributed by atoms with Gasteiger partial charge in [0.2, 0.25) is 5.91 Å². The summed E-state index contributed by atoms with van der Waals surface area (Å²) in [5, 5.41) is 9.02. The van der Waals surface area contributed by atoms with Gasteiger partial charge in [-0.15, -0.1) is 0 Å². The maximum absolute atomic E-state index is 12.0. The molecule has 1 heterocycles. The van der Waals surface area contributed by atoms with Crippen molar-refractivity contribution in [2.45, 2.75) is 25.3 Å². The fourth-order valence-electron chi connectivity index (χ4n) is 2.23. The smallest absolute Gasteiger partial charge is 0.326 e. The number of nitrogens with zero attached hydrogens (tertiary/aromatic N) is 1. The van der Waals surface area contributed by atoms with E-state index in [-0.39, 0.29) is 11.8 Å². The molecule has 2 atom stereocenters. The number of likely N-dealkylation sites (tertiary alicyclic amines) is 1. The van der Waals surface area contributed by atoms with Gasteiger partial charge in [-0.3, -0.25) is 4.79 Å². The van der Waals surface area contributed by atoms with Gasteiger partial charge in [-0.2, -0.15) is 0 Å². The van der Waals surface area contributed by atoms with Crippen LogP contribution in [0, 0.1) is 6.92 Å². The van der Waals surface area contributed by atoms with Crippen LogP contribution in [0.2, 0.25) is 0 Å². The van der Waals surface area contributed by atoms with Crippen LogP contribution in [0.15, 0.2) is 24.3 Å². The summed E-state index contributed by atoms with van der Waals surface area (Å²) in [6, 6.07) is 6.98. The largest absolute Gasteiger partial charge is 0.480 e. The minimum Gasteiger partial charge on any atom is -0.480 e. The molecule has 0 spiro atoms. The second kappa shape index (κ2) is 4.20. The fraction of sp³-hybridized carbons (Fsp3) is 0.385. The van der Waals surface area contributed by atoms with E-state index in [0.717, 1.165) is 11.1 Å². The van der Waals surface area contributed by atoms with Crippen LogP contribution in [-0.2, 0) is 9.59 Å². The molecule has 0 aromatic heterocycles. The average Bonchev–Trinajstić information content (AvgIpc) is 2.58. The highest BCUT2D eigenvalue weighted by Crippen LogP contribution is 2.32. The summed E-state index contributed by atoms with van der Waals surface area (Å²) in [6.07, 6.45) is 0.355. The van der Waals surface area contributed by atoms with Crippen molar-refractivity contribution in [3.63, 3.8) is 0 Å². The first-order chi connectivity index (χ1) is 8.00. The monoisotopic (exact) mass is 233 g/mol. The number of likely N-dealkylation sites (N-methyl/N-ethyl adjacent to an activating group) is 1. The number of carboxylic acids is 1. The number of amides is 1. The van der Waals surface area contributed by atoms with E-state index in [1.807, 2.05) is 31.2 Å². The summed E-state index contributed by atoms with van der Waals surface area (Å²) >= 11 is 0. The van der Waals surface area contributed by atoms with Crippen molar-refractivity contribution in [1.82, 2.24) is 4.90 Å². The Hall–Kier alpha value is -1.84. The molecule has 0 aliphatic carbocycles. The number of benzene rings is 1. The van der Waals surface area contributed by atoms with Crippen LogP contribution in [0.25, 0.3) is 0 Å². The van der Waals surface area contributed by atoms with E-state index in [9.17, 15) is 9.59 Å². The second-order valence-electron chi connectivity index (χ2n) is 4.50. The minimum atomic E-state index is -0.935. The van der Waals surface area contributed by atoms with Gasteiger partial charge >= 0.3 is 5.97 Å². The molecule has 1 aromatic carbocycles. The summed E-state index contributed by atoms with van der Waals surface area (Å²) < 4.78 is 0. The third-order valence-corrected chi connectivity index (χ3v) is 3.34. The quantitative estimate of drug-likeness (QED) is 0.839. The molecule has 1 aliphatic rings. The van der Waals surface area contributed by atoms with Gasteiger partial charge in [0.25, 0.3) is 0 Å².